The summed E-state index contributed by atoms with van der Waals surface area (Å²) in [5.41, 5.74) is 7.55. The van der Waals surface area contributed by atoms with E-state index in [-0.39, 0.29) is 0 Å². The maximum absolute atomic E-state index is 5.88. The molecule has 0 fully saturated rings. The summed E-state index contributed by atoms with van der Waals surface area (Å²) in [6, 6.07) is 14.6. The molecule has 1 heterocycles. The standard InChI is InChI=1S/C18H18ClN5O2/c1-25-15-8-6-14(7-9-15)22-18(20)21-11-10-16-23-17(24-26-16)12-2-4-13(19)5-3-12/h2-9H,10-11H2,1H3,(H3,20,21,22). The van der Waals surface area contributed by atoms with Crippen molar-refractivity contribution in [3.05, 3.63) is 59.4 Å². The lowest BCUT2D eigenvalue weighted by molar-refractivity contribution is 0.380. The summed E-state index contributed by atoms with van der Waals surface area (Å²) in [7, 11) is 1.62. The summed E-state index contributed by atoms with van der Waals surface area (Å²) in [6.07, 6.45) is 0.492. The molecule has 0 spiro atoms. The number of hydrogen-bond acceptors (Lipinski definition) is 5. The Morgan fingerprint density at radius 2 is 1.92 bits per heavy atom. The van der Waals surface area contributed by atoms with Crippen LogP contribution in [0, 0.1) is 0 Å². The number of nitrogens with two attached hydrogens (primary N) is 1. The number of guanidine groups is 1. The lowest BCUT2D eigenvalue weighted by atomic mass is 10.2. The first-order chi connectivity index (χ1) is 12.6. The number of methoxy groups -OCH3 is 1. The highest BCUT2D eigenvalue weighted by Gasteiger charge is 2.08. The molecule has 0 aliphatic rings. The van der Waals surface area contributed by atoms with Crippen molar-refractivity contribution >= 4 is 23.2 Å². The minimum Gasteiger partial charge on any atom is -0.497 e. The third-order valence-electron chi connectivity index (χ3n) is 3.54. The van der Waals surface area contributed by atoms with Gasteiger partial charge in [0.15, 0.2) is 5.96 Å². The molecule has 7 nitrogen and oxygen atoms in total. The Morgan fingerprint density at radius 3 is 2.62 bits per heavy atom. The van der Waals surface area contributed by atoms with Crippen LogP contribution >= 0.6 is 11.6 Å². The smallest absolute Gasteiger partial charge is 0.228 e. The number of aliphatic imine (C=N–C) groups is 1. The Bertz CT molecular complexity index is 875. The monoisotopic (exact) mass is 371 g/mol. The molecule has 134 valence electrons. The highest BCUT2D eigenvalue weighted by atomic mass is 35.5. The zero-order chi connectivity index (χ0) is 18.4. The third kappa shape index (κ3) is 4.73. The molecule has 0 saturated carbocycles. The molecule has 26 heavy (non-hydrogen) atoms. The predicted octanol–water partition coefficient (Wildman–Crippen LogP) is 3.37. The molecule has 1 aromatic heterocycles. The van der Waals surface area contributed by atoms with Crippen LogP contribution in [0.25, 0.3) is 11.4 Å². The van der Waals surface area contributed by atoms with Gasteiger partial charge in [-0.25, -0.2) is 0 Å². The number of nitrogens with one attached hydrogen (secondary N) is 1. The number of rotatable bonds is 6. The van der Waals surface area contributed by atoms with Gasteiger partial charge in [-0.05, 0) is 48.5 Å². The Kier molecular flexibility index (Phi) is 5.70. The van der Waals surface area contributed by atoms with Crippen molar-refractivity contribution in [2.24, 2.45) is 10.7 Å². The quantitative estimate of drug-likeness (QED) is 0.509. The molecule has 0 bridgehead atoms. The van der Waals surface area contributed by atoms with Gasteiger partial charge < -0.3 is 20.3 Å². The van der Waals surface area contributed by atoms with E-state index in [2.05, 4.69) is 20.4 Å². The fraction of sp³-hybridized carbons (Fsp3) is 0.167. The van der Waals surface area contributed by atoms with Gasteiger partial charge in [0.25, 0.3) is 0 Å². The summed E-state index contributed by atoms with van der Waals surface area (Å²) < 4.78 is 10.3. The second-order valence-corrected chi connectivity index (χ2v) is 5.83. The average Bonchev–Trinajstić information content (AvgIpc) is 3.12. The van der Waals surface area contributed by atoms with E-state index >= 15 is 0 Å². The molecule has 0 saturated heterocycles. The molecular formula is C18H18ClN5O2. The molecule has 0 unspecified atom stereocenters. The Balaban J connectivity index is 1.53. The van der Waals surface area contributed by atoms with E-state index in [9.17, 15) is 0 Å². The Morgan fingerprint density at radius 1 is 1.19 bits per heavy atom. The van der Waals surface area contributed by atoms with Crippen LogP contribution in [-0.4, -0.2) is 29.8 Å². The van der Waals surface area contributed by atoms with Crippen LogP contribution in [0.15, 0.2) is 58.0 Å². The zero-order valence-electron chi connectivity index (χ0n) is 14.1. The van der Waals surface area contributed by atoms with Crippen LogP contribution in [0.4, 0.5) is 5.69 Å². The van der Waals surface area contributed by atoms with E-state index in [1.54, 1.807) is 19.2 Å². The van der Waals surface area contributed by atoms with Crippen molar-refractivity contribution in [2.45, 2.75) is 6.42 Å². The number of aromatic nitrogens is 2. The molecule has 3 N–H and O–H groups in total. The number of benzene rings is 2. The van der Waals surface area contributed by atoms with Crippen LogP contribution in [0.3, 0.4) is 0 Å². The molecule has 0 radical (unpaired) electrons. The maximum atomic E-state index is 5.88. The molecular weight excluding hydrogens is 354 g/mol. The average molecular weight is 372 g/mol. The highest BCUT2D eigenvalue weighted by Crippen LogP contribution is 2.19. The second-order valence-electron chi connectivity index (χ2n) is 5.39. The summed E-state index contributed by atoms with van der Waals surface area (Å²) >= 11 is 5.87. The first-order valence-electron chi connectivity index (χ1n) is 7.93. The first kappa shape index (κ1) is 17.8. The lowest BCUT2D eigenvalue weighted by Crippen LogP contribution is -2.23. The summed E-state index contributed by atoms with van der Waals surface area (Å²) in [5, 5.41) is 7.63. The SMILES string of the molecule is COc1ccc(NC(N)=NCCc2nc(-c3ccc(Cl)cc3)no2)cc1. The lowest BCUT2D eigenvalue weighted by Gasteiger charge is -2.06. The largest absolute Gasteiger partial charge is 0.497 e. The molecule has 3 aromatic rings. The minimum atomic E-state index is 0.313. The number of anilines is 1. The van der Waals surface area contributed by atoms with Crippen LogP contribution in [0.2, 0.25) is 5.02 Å². The van der Waals surface area contributed by atoms with E-state index in [4.69, 9.17) is 26.6 Å². The van der Waals surface area contributed by atoms with Gasteiger partial charge in [0.05, 0.1) is 13.7 Å². The maximum Gasteiger partial charge on any atom is 0.228 e. The molecule has 0 aliphatic heterocycles. The first-order valence-corrected chi connectivity index (χ1v) is 8.31. The van der Waals surface area contributed by atoms with Gasteiger partial charge in [0.1, 0.15) is 5.75 Å². The van der Waals surface area contributed by atoms with Gasteiger partial charge in [0, 0.05) is 22.7 Å². The van der Waals surface area contributed by atoms with Gasteiger partial charge in [0.2, 0.25) is 11.7 Å². The number of hydrogen-bond donors (Lipinski definition) is 2. The number of halogens is 1. The zero-order valence-corrected chi connectivity index (χ0v) is 14.9. The van der Waals surface area contributed by atoms with Gasteiger partial charge in [-0.1, -0.05) is 16.8 Å². The normalized spacial score (nSPS) is 11.4. The van der Waals surface area contributed by atoms with Crippen molar-refractivity contribution in [3.8, 4) is 17.1 Å². The predicted molar refractivity (Wildman–Crippen MR) is 102 cm³/mol. The van der Waals surface area contributed by atoms with Gasteiger partial charge >= 0.3 is 0 Å². The topological polar surface area (TPSA) is 98.6 Å². The van der Waals surface area contributed by atoms with Crippen molar-refractivity contribution in [1.82, 2.24) is 10.1 Å². The fourth-order valence-corrected chi connectivity index (χ4v) is 2.33. The van der Waals surface area contributed by atoms with E-state index in [1.165, 1.54) is 0 Å². The summed E-state index contributed by atoms with van der Waals surface area (Å²) in [5.74, 6) is 2.10. The van der Waals surface area contributed by atoms with E-state index < -0.39 is 0 Å². The molecule has 0 amide bonds. The van der Waals surface area contributed by atoms with Crippen LogP contribution in [-0.2, 0) is 6.42 Å². The van der Waals surface area contributed by atoms with Crippen LogP contribution in [0.1, 0.15) is 5.89 Å². The van der Waals surface area contributed by atoms with E-state index in [0.717, 1.165) is 17.0 Å². The number of ether oxygens (including phenoxy) is 1. The molecule has 8 heteroatoms. The highest BCUT2D eigenvalue weighted by molar-refractivity contribution is 6.30. The van der Waals surface area contributed by atoms with Crippen molar-refractivity contribution in [2.75, 3.05) is 19.0 Å². The fourth-order valence-electron chi connectivity index (χ4n) is 2.21. The van der Waals surface area contributed by atoms with Crippen LogP contribution < -0.4 is 15.8 Å². The van der Waals surface area contributed by atoms with Gasteiger partial charge in [-0.3, -0.25) is 4.99 Å². The Labute approximate surface area is 155 Å². The summed E-state index contributed by atoms with van der Waals surface area (Å²) in [6.45, 7) is 0.428. The minimum absolute atomic E-state index is 0.313. The molecule has 0 atom stereocenters. The van der Waals surface area contributed by atoms with Crippen LogP contribution in [0.5, 0.6) is 5.75 Å². The second kappa shape index (κ2) is 8.35. The van der Waals surface area contributed by atoms with Crippen molar-refractivity contribution in [3.63, 3.8) is 0 Å². The number of nitrogens with zero attached hydrogens (tertiary/aromatic N) is 3. The summed E-state index contributed by atoms with van der Waals surface area (Å²) in [4.78, 5) is 8.60. The van der Waals surface area contributed by atoms with E-state index in [1.807, 2.05) is 36.4 Å². The molecule has 2 aromatic carbocycles. The Hall–Kier alpha value is -3.06. The molecule has 0 aliphatic carbocycles. The molecule has 3 rings (SSSR count). The van der Waals surface area contributed by atoms with Gasteiger partial charge in [-0.2, -0.15) is 4.98 Å². The third-order valence-corrected chi connectivity index (χ3v) is 3.79. The van der Waals surface area contributed by atoms with Gasteiger partial charge in [-0.15, -0.1) is 0 Å². The van der Waals surface area contributed by atoms with Crippen molar-refractivity contribution < 1.29 is 9.26 Å². The van der Waals surface area contributed by atoms with E-state index in [0.29, 0.717) is 35.7 Å². The van der Waals surface area contributed by atoms with Crippen molar-refractivity contribution in [1.29, 1.82) is 0 Å².